The average Bonchev–Trinajstić information content (AvgIpc) is 3.21. The van der Waals surface area contributed by atoms with E-state index in [0.29, 0.717) is 11.4 Å². The van der Waals surface area contributed by atoms with E-state index in [1.807, 2.05) is 12.1 Å². The van der Waals surface area contributed by atoms with Gasteiger partial charge >= 0.3 is 0 Å². The lowest BCUT2D eigenvalue weighted by Gasteiger charge is -2.06. The number of rotatable bonds is 5. The van der Waals surface area contributed by atoms with Crippen LogP contribution in [0.25, 0.3) is 11.8 Å². The van der Waals surface area contributed by atoms with E-state index in [-0.39, 0.29) is 11.5 Å². The van der Waals surface area contributed by atoms with E-state index in [0.717, 1.165) is 5.69 Å². The smallest absolute Gasteiger partial charge is 0.271 e. The number of nitrogens with zero attached hydrogens (tertiary/aromatic N) is 4. The van der Waals surface area contributed by atoms with E-state index in [1.165, 1.54) is 18.2 Å². The second-order valence-corrected chi connectivity index (χ2v) is 5.15. The molecule has 2 aromatic heterocycles. The Bertz CT molecular complexity index is 937. The topological polar surface area (TPSA) is 83.0 Å². The molecule has 0 amide bonds. The third-order valence-corrected chi connectivity index (χ3v) is 3.47. The normalized spacial score (nSPS) is 11.0. The van der Waals surface area contributed by atoms with Gasteiger partial charge in [-0.3, -0.25) is 19.6 Å². The van der Waals surface area contributed by atoms with Crippen LogP contribution in [0.5, 0.6) is 0 Å². The highest BCUT2D eigenvalue weighted by Gasteiger charge is 2.09. The van der Waals surface area contributed by atoms with Crippen molar-refractivity contribution in [3.05, 3.63) is 82.4 Å². The summed E-state index contributed by atoms with van der Waals surface area (Å²) in [6.45, 7) is 0. The maximum atomic E-state index is 12.1. The standard InChI is InChI=1S/C17H14N4O3/c1-19-11-9-16(18-19)17(22)8-7-13-6-3-10-20(13)14-4-2-5-15(12-14)21(23)24/h2-12H,1H3/b8-7+. The molecule has 0 aliphatic carbocycles. The molecule has 0 unspecified atom stereocenters. The SMILES string of the molecule is Cn1ccc(C(=O)/C=C/c2cccn2-c2cccc([N+](=O)[O-])c2)n1. The monoisotopic (exact) mass is 322 g/mol. The van der Waals surface area contributed by atoms with Gasteiger partial charge in [0, 0.05) is 37.3 Å². The molecule has 0 atom stereocenters. The van der Waals surface area contributed by atoms with Gasteiger partial charge in [0.05, 0.1) is 10.6 Å². The fraction of sp³-hybridized carbons (Fsp3) is 0.0588. The Hall–Kier alpha value is -3.48. The van der Waals surface area contributed by atoms with Gasteiger partial charge < -0.3 is 4.57 Å². The molecule has 7 nitrogen and oxygen atoms in total. The summed E-state index contributed by atoms with van der Waals surface area (Å²) in [5.41, 5.74) is 1.77. The first kappa shape index (κ1) is 15.4. The molecule has 0 fully saturated rings. The summed E-state index contributed by atoms with van der Waals surface area (Å²) in [6, 6.07) is 11.6. The number of carbonyl (C=O) groups is 1. The van der Waals surface area contributed by atoms with Crippen LogP contribution in [0.15, 0.2) is 60.9 Å². The van der Waals surface area contributed by atoms with Gasteiger partial charge in [0.25, 0.3) is 5.69 Å². The zero-order valence-corrected chi connectivity index (χ0v) is 12.9. The largest absolute Gasteiger partial charge is 0.317 e. The van der Waals surface area contributed by atoms with Crippen LogP contribution in [0.4, 0.5) is 5.69 Å². The number of benzene rings is 1. The quantitative estimate of drug-likeness (QED) is 0.313. The molecule has 2 heterocycles. The molecule has 0 radical (unpaired) electrons. The van der Waals surface area contributed by atoms with Crippen LogP contribution in [0.1, 0.15) is 16.2 Å². The number of non-ortho nitro benzene ring substituents is 1. The van der Waals surface area contributed by atoms with Gasteiger partial charge in [-0.05, 0) is 36.4 Å². The molecular formula is C17H14N4O3. The Balaban J connectivity index is 1.88. The van der Waals surface area contributed by atoms with Crippen molar-refractivity contribution in [2.24, 2.45) is 7.05 Å². The first-order valence-corrected chi connectivity index (χ1v) is 7.19. The van der Waals surface area contributed by atoms with Gasteiger partial charge in [-0.2, -0.15) is 5.10 Å². The summed E-state index contributed by atoms with van der Waals surface area (Å²) < 4.78 is 3.34. The Morgan fingerprint density at radius 2 is 2.04 bits per heavy atom. The summed E-state index contributed by atoms with van der Waals surface area (Å²) in [6.07, 6.45) is 6.58. The number of nitro benzene ring substituents is 1. The zero-order chi connectivity index (χ0) is 17.1. The van der Waals surface area contributed by atoms with E-state index in [1.54, 1.807) is 53.0 Å². The molecule has 0 aliphatic heterocycles. The molecule has 0 spiro atoms. The molecule has 1 aromatic carbocycles. The molecule has 0 aliphatic rings. The van der Waals surface area contributed by atoms with Crippen molar-refractivity contribution in [2.45, 2.75) is 0 Å². The minimum atomic E-state index is -0.437. The Morgan fingerprint density at radius 1 is 1.21 bits per heavy atom. The molecule has 7 heteroatoms. The molecular weight excluding hydrogens is 308 g/mol. The van der Waals surface area contributed by atoms with Crippen LogP contribution in [0, 0.1) is 10.1 Å². The number of nitro groups is 1. The third kappa shape index (κ3) is 3.14. The van der Waals surface area contributed by atoms with Crippen molar-refractivity contribution < 1.29 is 9.72 Å². The van der Waals surface area contributed by atoms with Crippen molar-refractivity contribution in [2.75, 3.05) is 0 Å². The van der Waals surface area contributed by atoms with Gasteiger partial charge in [-0.25, -0.2) is 0 Å². The number of hydrogen-bond donors (Lipinski definition) is 0. The maximum absolute atomic E-state index is 12.1. The summed E-state index contributed by atoms with van der Waals surface area (Å²) in [5.74, 6) is -0.206. The Kier molecular flexibility index (Phi) is 4.07. The number of aryl methyl sites for hydroxylation is 1. The Labute approximate surface area is 137 Å². The summed E-state index contributed by atoms with van der Waals surface area (Å²) >= 11 is 0. The number of ketones is 1. The van der Waals surface area contributed by atoms with E-state index in [2.05, 4.69) is 5.10 Å². The first-order chi connectivity index (χ1) is 11.5. The second-order valence-electron chi connectivity index (χ2n) is 5.15. The van der Waals surface area contributed by atoms with E-state index in [4.69, 9.17) is 0 Å². The maximum Gasteiger partial charge on any atom is 0.271 e. The molecule has 3 aromatic rings. The highest BCUT2D eigenvalue weighted by Crippen LogP contribution is 2.19. The molecule has 0 saturated heterocycles. The van der Waals surface area contributed by atoms with Gasteiger partial charge in [0.15, 0.2) is 0 Å². The molecule has 120 valence electrons. The number of allylic oxidation sites excluding steroid dienone is 1. The second kappa shape index (κ2) is 6.33. The minimum absolute atomic E-state index is 0.0145. The van der Waals surface area contributed by atoms with Crippen LogP contribution in [0.3, 0.4) is 0 Å². The lowest BCUT2D eigenvalue weighted by Crippen LogP contribution is -1.99. The van der Waals surface area contributed by atoms with Gasteiger partial charge in [-0.15, -0.1) is 0 Å². The third-order valence-electron chi connectivity index (χ3n) is 3.47. The lowest BCUT2D eigenvalue weighted by molar-refractivity contribution is -0.384. The van der Waals surface area contributed by atoms with Crippen molar-refractivity contribution in [3.8, 4) is 5.69 Å². The predicted octanol–water partition coefficient (Wildman–Crippen LogP) is 3.02. The van der Waals surface area contributed by atoms with Gasteiger partial charge in [-0.1, -0.05) is 6.07 Å². The molecule has 0 saturated carbocycles. The van der Waals surface area contributed by atoms with Gasteiger partial charge in [0.1, 0.15) is 5.69 Å². The van der Waals surface area contributed by atoms with E-state index < -0.39 is 4.92 Å². The number of hydrogen-bond acceptors (Lipinski definition) is 4. The van der Waals surface area contributed by atoms with Crippen molar-refractivity contribution in [1.82, 2.24) is 14.3 Å². The van der Waals surface area contributed by atoms with Crippen LogP contribution < -0.4 is 0 Å². The van der Waals surface area contributed by atoms with Crippen LogP contribution in [-0.2, 0) is 7.05 Å². The van der Waals surface area contributed by atoms with Crippen molar-refractivity contribution in [1.29, 1.82) is 0 Å². The highest BCUT2D eigenvalue weighted by molar-refractivity contribution is 6.05. The van der Waals surface area contributed by atoms with E-state index >= 15 is 0 Å². The van der Waals surface area contributed by atoms with Crippen molar-refractivity contribution in [3.63, 3.8) is 0 Å². The molecule has 3 rings (SSSR count). The van der Waals surface area contributed by atoms with Crippen LogP contribution >= 0.6 is 0 Å². The summed E-state index contributed by atoms with van der Waals surface area (Å²) in [7, 11) is 1.74. The zero-order valence-electron chi connectivity index (χ0n) is 12.9. The molecule has 0 N–H and O–H groups in total. The summed E-state index contributed by atoms with van der Waals surface area (Å²) in [4.78, 5) is 22.6. The minimum Gasteiger partial charge on any atom is -0.317 e. The molecule has 0 bridgehead atoms. The first-order valence-electron chi connectivity index (χ1n) is 7.19. The fourth-order valence-electron chi connectivity index (χ4n) is 2.31. The fourth-order valence-corrected chi connectivity index (χ4v) is 2.31. The van der Waals surface area contributed by atoms with Crippen LogP contribution in [-0.4, -0.2) is 25.1 Å². The molecule has 24 heavy (non-hydrogen) atoms. The number of carbonyl (C=O) groups excluding carboxylic acids is 1. The summed E-state index contributed by atoms with van der Waals surface area (Å²) in [5, 5.41) is 15.0. The average molecular weight is 322 g/mol. The highest BCUT2D eigenvalue weighted by atomic mass is 16.6. The van der Waals surface area contributed by atoms with Crippen LogP contribution in [0.2, 0.25) is 0 Å². The van der Waals surface area contributed by atoms with Gasteiger partial charge in [0.2, 0.25) is 5.78 Å². The predicted molar refractivity (Wildman–Crippen MR) is 89.0 cm³/mol. The Morgan fingerprint density at radius 3 is 2.75 bits per heavy atom. The number of aromatic nitrogens is 3. The van der Waals surface area contributed by atoms with Crippen molar-refractivity contribution >= 4 is 17.5 Å². The lowest BCUT2D eigenvalue weighted by atomic mass is 10.2. The van der Waals surface area contributed by atoms with E-state index in [9.17, 15) is 14.9 Å².